The third-order valence-corrected chi connectivity index (χ3v) is 9.13. The average Bonchev–Trinajstić information content (AvgIpc) is 3.41. The van der Waals surface area contributed by atoms with Crippen LogP contribution in [0.25, 0.3) is 11.1 Å². The molecule has 48 heavy (non-hydrogen) atoms. The highest BCUT2D eigenvalue weighted by atomic mass is 35.5. The second-order valence-corrected chi connectivity index (χ2v) is 12.4. The molecule has 2 aliphatic rings. The van der Waals surface area contributed by atoms with Crippen LogP contribution in [0.15, 0.2) is 109 Å². The van der Waals surface area contributed by atoms with Crippen molar-refractivity contribution >= 4 is 41.5 Å². The lowest BCUT2D eigenvalue weighted by Crippen LogP contribution is -2.41. The van der Waals surface area contributed by atoms with E-state index in [1.54, 1.807) is 29.2 Å². The predicted molar refractivity (Wildman–Crippen MR) is 188 cm³/mol. The van der Waals surface area contributed by atoms with Gasteiger partial charge in [0.2, 0.25) is 5.91 Å². The van der Waals surface area contributed by atoms with E-state index in [2.05, 4.69) is 35.6 Å². The first kappa shape index (κ1) is 33.4. The third kappa shape index (κ3) is 6.73. The number of hydrogen-bond acceptors (Lipinski definition) is 4. The van der Waals surface area contributed by atoms with Gasteiger partial charge in [0.25, 0.3) is 5.91 Å². The molecule has 6 nitrogen and oxygen atoms in total. The summed E-state index contributed by atoms with van der Waals surface area (Å²) in [5.41, 5.74) is 15.3. The van der Waals surface area contributed by atoms with Crippen molar-refractivity contribution in [3.63, 3.8) is 0 Å². The Morgan fingerprint density at radius 1 is 0.896 bits per heavy atom. The van der Waals surface area contributed by atoms with Crippen molar-refractivity contribution in [3.8, 4) is 11.1 Å². The van der Waals surface area contributed by atoms with Gasteiger partial charge in [0.1, 0.15) is 18.0 Å². The first-order valence-corrected chi connectivity index (χ1v) is 16.0. The molecular formula is C39H34Cl2FN3O3. The van der Waals surface area contributed by atoms with Crippen LogP contribution in [0, 0.1) is 5.82 Å². The minimum atomic E-state index is -1.13. The monoisotopic (exact) mass is 681 g/mol. The molecule has 2 unspecified atom stereocenters. The van der Waals surface area contributed by atoms with E-state index in [1.165, 1.54) is 28.3 Å². The van der Waals surface area contributed by atoms with Gasteiger partial charge < -0.3 is 20.7 Å². The van der Waals surface area contributed by atoms with Crippen molar-refractivity contribution in [1.29, 1.82) is 0 Å². The van der Waals surface area contributed by atoms with Crippen LogP contribution in [0.5, 0.6) is 0 Å². The number of nitrogens with one attached hydrogen (secondary N) is 1. The summed E-state index contributed by atoms with van der Waals surface area (Å²) < 4.78 is 20.9. The van der Waals surface area contributed by atoms with Crippen LogP contribution >= 0.6 is 24.0 Å². The van der Waals surface area contributed by atoms with E-state index in [-0.39, 0.29) is 37.8 Å². The molecule has 2 amide bonds. The van der Waals surface area contributed by atoms with Crippen LogP contribution in [0.4, 0.5) is 10.1 Å². The maximum absolute atomic E-state index is 14.5. The topological polar surface area (TPSA) is 84.7 Å². The number of fused-ring (bicyclic) bond motifs is 4. The molecule has 0 aromatic heterocycles. The summed E-state index contributed by atoms with van der Waals surface area (Å²) in [6, 6.07) is 34.1. The van der Waals surface area contributed by atoms with Crippen molar-refractivity contribution < 1.29 is 18.7 Å². The number of anilines is 1. The van der Waals surface area contributed by atoms with Gasteiger partial charge in [0.05, 0.1) is 18.7 Å². The number of carbonyl (C=O) groups is 2. The van der Waals surface area contributed by atoms with E-state index in [4.69, 9.17) is 22.1 Å². The Bertz CT molecular complexity index is 2000. The molecule has 0 saturated heterocycles. The van der Waals surface area contributed by atoms with Crippen molar-refractivity contribution in [2.24, 2.45) is 5.73 Å². The lowest BCUT2D eigenvalue weighted by molar-refractivity contribution is -0.138. The molecule has 0 fully saturated rings. The fraction of sp³-hybridized carbons (Fsp3) is 0.179. The summed E-state index contributed by atoms with van der Waals surface area (Å²) in [6.07, 6.45) is -1.26. The number of nitrogens with zero attached hydrogens (tertiary/aromatic N) is 1. The number of rotatable bonds is 8. The minimum Gasteiger partial charge on any atom is -0.355 e. The highest BCUT2D eigenvalue weighted by molar-refractivity contribution is 6.30. The summed E-state index contributed by atoms with van der Waals surface area (Å²) >= 11 is 6.55. The van der Waals surface area contributed by atoms with E-state index in [0.29, 0.717) is 28.4 Å². The van der Waals surface area contributed by atoms with Crippen molar-refractivity contribution in [1.82, 2.24) is 5.32 Å². The molecule has 2 atom stereocenters. The second kappa shape index (κ2) is 14.3. The molecule has 244 valence electrons. The van der Waals surface area contributed by atoms with Crippen molar-refractivity contribution in [2.45, 2.75) is 44.7 Å². The SMILES string of the molecule is Cl.NCc1cccc(C2OC(CC(=O)NCc3ccccc3F)C(=O)N(Cc3ccc4c(c3)Cc3ccccc3-4)c3ccc(Cl)cc32)c1. The number of ether oxygens (including phenoxy) is 1. The van der Waals surface area contributed by atoms with Crippen LogP contribution in [-0.4, -0.2) is 17.9 Å². The molecule has 0 radical (unpaired) electrons. The van der Waals surface area contributed by atoms with Gasteiger partial charge in [-0.1, -0.05) is 96.5 Å². The van der Waals surface area contributed by atoms with Crippen LogP contribution < -0.4 is 16.0 Å². The summed E-state index contributed by atoms with van der Waals surface area (Å²) in [6.45, 7) is 0.590. The summed E-state index contributed by atoms with van der Waals surface area (Å²) in [5, 5.41) is 3.26. The van der Waals surface area contributed by atoms with Crippen molar-refractivity contribution in [2.75, 3.05) is 4.90 Å². The second-order valence-electron chi connectivity index (χ2n) is 12.0. The van der Waals surface area contributed by atoms with Crippen LogP contribution in [0.1, 0.15) is 51.5 Å². The van der Waals surface area contributed by atoms with E-state index >= 15 is 0 Å². The van der Waals surface area contributed by atoms with Gasteiger partial charge in [0, 0.05) is 29.2 Å². The van der Waals surface area contributed by atoms with Gasteiger partial charge in [-0.05, 0) is 69.6 Å². The Hall–Kier alpha value is -4.53. The van der Waals surface area contributed by atoms with Gasteiger partial charge in [0.15, 0.2) is 0 Å². The number of amides is 2. The van der Waals surface area contributed by atoms with Crippen LogP contribution in [0.2, 0.25) is 5.02 Å². The zero-order chi connectivity index (χ0) is 32.5. The van der Waals surface area contributed by atoms with E-state index in [0.717, 1.165) is 23.1 Å². The summed E-state index contributed by atoms with van der Waals surface area (Å²) in [4.78, 5) is 29.5. The lowest BCUT2D eigenvalue weighted by atomic mass is 9.97. The van der Waals surface area contributed by atoms with Crippen molar-refractivity contribution in [3.05, 3.63) is 159 Å². The number of halogens is 3. The summed E-state index contributed by atoms with van der Waals surface area (Å²) in [7, 11) is 0. The Morgan fingerprint density at radius 2 is 1.69 bits per heavy atom. The van der Waals surface area contributed by atoms with Crippen LogP contribution in [-0.2, 0) is 40.4 Å². The normalized spacial score (nSPS) is 16.3. The Labute approximate surface area is 290 Å². The molecule has 5 aromatic carbocycles. The molecule has 7 rings (SSSR count). The van der Waals surface area contributed by atoms with Crippen LogP contribution in [0.3, 0.4) is 0 Å². The van der Waals surface area contributed by atoms with E-state index in [9.17, 15) is 14.0 Å². The zero-order valence-electron chi connectivity index (χ0n) is 26.0. The molecule has 0 spiro atoms. The number of hydrogen-bond donors (Lipinski definition) is 2. The Morgan fingerprint density at radius 3 is 2.52 bits per heavy atom. The number of benzene rings is 5. The molecule has 1 aliphatic carbocycles. The van der Waals surface area contributed by atoms with E-state index < -0.39 is 23.9 Å². The standard InChI is InChI=1S/C39H33ClFN3O3.ClH/c40-30-13-15-35-33(19-30)38(27-9-5-6-24(16-27)21-42)47-36(20-37(45)43-22-28-8-2-4-11-34(28)41)39(46)44(35)23-25-12-14-32-29(17-25)18-26-7-1-3-10-31(26)32;/h1-17,19,36,38H,18,20-23,42H2,(H,43,45);1H. The number of carbonyl (C=O) groups excluding carboxylic acids is 2. The first-order chi connectivity index (χ1) is 22.9. The molecule has 9 heteroatoms. The van der Waals surface area contributed by atoms with Gasteiger partial charge in [-0.3, -0.25) is 9.59 Å². The highest BCUT2D eigenvalue weighted by Crippen LogP contribution is 2.42. The third-order valence-electron chi connectivity index (χ3n) is 8.90. The maximum atomic E-state index is 14.5. The largest absolute Gasteiger partial charge is 0.355 e. The van der Waals surface area contributed by atoms with Gasteiger partial charge in [-0.25, -0.2) is 4.39 Å². The van der Waals surface area contributed by atoms with Gasteiger partial charge >= 0.3 is 0 Å². The first-order valence-electron chi connectivity index (χ1n) is 15.6. The minimum absolute atomic E-state index is 0. The maximum Gasteiger partial charge on any atom is 0.257 e. The zero-order valence-corrected chi connectivity index (χ0v) is 27.6. The fourth-order valence-electron chi connectivity index (χ4n) is 6.56. The molecular weight excluding hydrogens is 648 g/mol. The Kier molecular flexibility index (Phi) is 9.94. The Balaban J connectivity index is 0.00000401. The molecule has 1 heterocycles. The number of nitrogens with two attached hydrogens (primary N) is 1. The predicted octanol–water partition coefficient (Wildman–Crippen LogP) is 7.66. The lowest BCUT2D eigenvalue weighted by Gasteiger charge is -2.25. The summed E-state index contributed by atoms with van der Waals surface area (Å²) in [5.74, 6) is -1.19. The quantitative estimate of drug-likeness (QED) is 0.173. The fourth-order valence-corrected chi connectivity index (χ4v) is 6.75. The molecule has 3 N–H and O–H groups in total. The van der Waals surface area contributed by atoms with Gasteiger partial charge in [-0.2, -0.15) is 0 Å². The molecule has 1 aliphatic heterocycles. The average molecular weight is 683 g/mol. The van der Waals surface area contributed by atoms with E-state index in [1.807, 2.05) is 48.5 Å². The highest BCUT2D eigenvalue weighted by Gasteiger charge is 2.38. The molecule has 0 saturated carbocycles. The molecule has 5 aromatic rings. The molecule has 0 bridgehead atoms. The smallest absolute Gasteiger partial charge is 0.257 e. The van der Waals surface area contributed by atoms with Gasteiger partial charge in [-0.15, -0.1) is 12.4 Å².